The molecule has 0 spiro atoms. The molecule has 156 valence electrons. The van der Waals surface area contributed by atoms with E-state index in [1.165, 1.54) is 6.42 Å². The molecule has 3 N–H and O–H groups in total. The first kappa shape index (κ1) is 22.0. The molecule has 1 unspecified atom stereocenters. The number of hydrogen-bond donors (Lipinski definition) is 3. The van der Waals surface area contributed by atoms with Gasteiger partial charge in [0.1, 0.15) is 6.54 Å². The lowest BCUT2D eigenvalue weighted by molar-refractivity contribution is -0.908. The molecule has 0 saturated heterocycles. The van der Waals surface area contributed by atoms with E-state index in [1.54, 1.807) is 14.2 Å². The molecule has 0 heterocycles. The largest absolute Gasteiger partial charge is 0.493 e. The molecule has 0 bridgehead atoms. The van der Waals surface area contributed by atoms with Crippen molar-refractivity contribution >= 4 is 11.9 Å². The minimum absolute atomic E-state index is 0.177. The van der Waals surface area contributed by atoms with Crippen LogP contribution in [0.15, 0.2) is 12.1 Å². The van der Waals surface area contributed by atoms with Crippen LogP contribution in [0.4, 0.5) is 4.79 Å². The summed E-state index contributed by atoms with van der Waals surface area (Å²) in [6, 6.07) is 3.29. The number of urea groups is 1. The van der Waals surface area contributed by atoms with Crippen LogP contribution in [0.1, 0.15) is 50.2 Å². The molecule has 2 rings (SSSR count). The number of rotatable bonds is 7. The number of carbonyl (C=O) groups excluding carboxylic acids is 2. The van der Waals surface area contributed by atoms with Crippen molar-refractivity contribution in [2.45, 2.75) is 64.6 Å². The number of methoxy groups -OCH3 is 2. The van der Waals surface area contributed by atoms with Gasteiger partial charge in [-0.1, -0.05) is 19.3 Å². The summed E-state index contributed by atoms with van der Waals surface area (Å²) in [5, 5.41) is 5.41. The zero-order chi connectivity index (χ0) is 20.7. The van der Waals surface area contributed by atoms with Crippen LogP contribution < -0.4 is 25.0 Å². The monoisotopic (exact) mass is 392 g/mol. The summed E-state index contributed by atoms with van der Waals surface area (Å²) in [5.41, 5.74) is 2.14. The second-order valence-electron chi connectivity index (χ2n) is 7.68. The van der Waals surface area contributed by atoms with Crippen LogP contribution in [0.2, 0.25) is 0 Å². The third-order valence-corrected chi connectivity index (χ3v) is 5.62. The Morgan fingerprint density at radius 2 is 1.75 bits per heavy atom. The van der Waals surface area contributed by atoms with Crippen LogP contribution in [-0.2, 0) is 11.3 Å². The molecule has 1 saturated carbocycles. The van der Waals surface area contributed by atoms with E-state index in [0.717, 1.165) is 41.7 Å². The highest BCUT2D eigenvalue weighted by atomic mass is 16.5. The molecule has 28 heavy (non-hydrogen) atoms. The SMILES string of the molecule is COc1cc(C)c(C[NH+](C)[C@H](C)C(=O)NC(=O)NC2CCCCC2)cc1OC. The molecule has 0 radical (unpaired) electrons. The molecule has 2 atom stereocenters. The molecule has 0 aliphatic heterocycles. The van der Waals surface area contributed by atoms with Gasteiger partial charge in [0.2, 0.25) is 0 Å². The minimum atomic E-state index is -0.390. The summed E-state index contributed by atoms with van der Waals surface area (Å²) in [5.74, 6) is 1.08. The number of aryl methyl sites for hydroxylation is 1. The maximum Gasteiger partial charge on any atom is 0.321 e. The number of nitrogens with one attached hydrogen (secondary N) is 3. The topological polar surface area (TPSA) is 81.1 Å². The van der Waals surface area contributed by atoms with Crippen LogP contribution in [-0.4, -0.2) is 45.3 Å². The Labute approximate surface area is 167 Å². The van der Waals surface area contributed by atoms with Gasteiger partial charge in [-0.15, -0.1) is 0 Å². The van der Waals surface area contributed by atoms with Gasteiger partial charge >= 0.3 is 6.03 Å². The smallest absolute Gasteiger partial charge is 0.321 e. The summed E-state index contributed by atoms with van der Waals surface area (Å²) < 4.78 is 10.7. The maximum atomic E-state index is 12.5. The normalized spacial score (nSPS) is 16.8. The molecule has 7 heteroatoms. The Hall–Kier alpha value is -2.28. The van der Waals surface area contributed by atoms with E-state index in [9.17, 15) is 9.59 Å². The molecule has 1 aromatic carbocycles. The predicted octanol–water partition coefficient (Wildman–Crippen LogP) is 1.57. The summed E-state index contributed by atoms with van der Waals surface area (Å²) in [6.45, 7) is 4.46. The van der Waals surface area contributed by atoms with Gasteiger partial charge in [-0.05, 0) is 44.4 Å². The second-order valence-corrected chi connectivity index (χ2v) is 7.68. The average Bonchev–Trinajstić information content (AvgIpc) is 2.68. The lowest BCUT2D eigenvalue weighted by Crippen LogP contribution is -3.12. The standard InChI is InChI=1S/C21H33N3O4/c1-14-11-18(27-4)19(28-5)12-16(14)13-24(3)15(2)20(25)23-21(26)22-17-9-7-6-8-10-17/h11-12,15,17H,6-10,13H2,1-5H3,(H2,22,23,25,26)/p+1/t15-/m1/s1. The van der Waals surface area contributed by atoms with E-state index in [0.29, 0.717) is 18.0 Å². The number of quaternary nitrogens is 1. The third kappa shape index (κ3) is 5.86. The Balaban J connectivity index is 1.93. The van der Waals surface area contributed by atoms with Gasteiger partial charge in [-0.3, -0.25) is 10.1 Å². The molecule has 1 aromatic rings. The van der Waals surface area contributed by atoms with Gasteiger partial charge in [-0.25, -0.2) is 4.79 Å². The summed E-state index contributed by atoms with van der Waals surface area (Å²) in [6.07, 6.45) is 5.46. The number of benzene rings is 1. The van der Waals surface area contributed by atoms with E-state index in [-0.39, 0.29) is 24.0 Å². The number of ether oxygens (including phenoxy) is 2. The molecule has 0 aromatic heterocycles. The highest BCUT2D eigenvalue weighted by Gasteiger charge is 2.25. The van der Waals surface area contributed by atoms with Crippen LogP contribution >= 0.6 is 0 Å². The highest BCUT2D eigenvalue weighted by Crippen LogP contribution is 2.29. The highest BCUT2D eigenvalue weighted by molar-refractivity contribution is 5.96. The van der Waals surface area contributed by atoms with Crippen molar-refractivity contribution in [1.82, 2.24) is 10.6 Å². The van der Waals surface area contributed by atoms with Crippen LogP contribution in [0.3, 0.4) is 0 Å². The van der Waals surface area contributed by atoms with E-state index >= 15 is 0 Å². The average molecular weight is 393 g/mol. The van der Waals surface area contributed by atoms with Gasteiger partial charge in [-0.2, -0.15) is 0 Å². The Morgan fingerprint density at radius 3 is 2.36 bits per heavy atom. The summed E-state index contributed by atoms with van der Waals surface area (Å²) in [7, 11) is 5.16. The lowest BCUT2D eigenvalue weighted by Gasteiger charge is -2.24. The minimum Gasteiger partial charge on any atom is -0.493 e. The fourth-order valence-electron chi connectivity index (χ4n) is 3.58. The van der Waals surface area contributed by atoms with Crippen molar-refractivity contribution in [3.8, 4) is 11.5 Å². The van der Waals surface area contributed by atoms with Gasteiger partial charge in [0.25, 0.3) is 5.91 Å². The molecule has 1 aliphatic rings. The molecule has 3 amide bonds. The van der Waals surface area contributed by atoms with Crippen molar-refractivity contribution < 1.29 is 24.0 Å². The fraction of sp³-hybridized carbons (Fsp3) is 0.619. The zero-order valence-electron chi connectivity index (χ0n) is 17.7. The predicted molar refractivity (Wildman–Crippen MR) is 108 cm³/mol. The van der Waals surface area contributed by atoms with Gasteiger partial charge in [0.05, 0.1) is 21.3 Å². The Kier molecular flexibility index (Phi) is 8.11. The number of amides is 3. The van der Waals surface area contributed by atoms with E-state index in [4.69, 9.17) is 9.47 Å². The molecule has 1 fully saturated rings. The summed E-state index contributed by atoms with van der Waals surface area (Å²) in [4.78, 5) is 25.6. The van der Waals surface area contributed by atoms with Gasteiger partial charge in [0, 0.05) is 11.6 Å². The number of imide groups is 1. The van der Waals surface area contributed by atoms with Crippen LogP contribution in [0.5, 0.6) is 11.5 Å². The second kappa shape index (κ2) is 10.3. The van der Waals surface area contributed by atoms with Gasteiger partial charge in [0.15, 0.2) is 17.5 Å². The van der Waals surface area contributed by atoms with Gasteiger partial charge < -0.3 is 19.7 Å². The summed E-state index contributed by atoms with van der Waals surface area (Å²) >= 11 is 0. The first-order valence-corrected chi connectivity index (χ1v) is 10.0. The van der Waals surface area contributed by atoms with Crippen molar-refractivity contribution in [1.29, 1.82) is 0 Å². The van der Waals surface area contributed by atoms with E-state index in [1.807, 2.05) is 33.0 Å². The van der Waals surface area contributed by atoms with Crippen molar-refractivity contribution in [2.24, 2.45) is 0 Å². The third-order valence-electron chi connectivity index (χ3n) is 5.62. The number of likely N-dealkylation sites (N-methyl/N-ethyl adjacent to an activating group) is 1. The molecular formula is C21H34N3O4+. The van der Waals surface area contributed by atoms with Crippen molar-refractivity contribution in [2.75, 3.05) is 21.3 Å². The first-order valence-electron chi connectivity index (χ1n) is 10.0. The van der Waals surface area contributed by atoms with E-state index in [2.05, 4.69) is 10.6 Å². The number of hydrogen-bond acceptors (Lipinski definition) is 4. The number of carbonyl (C=O) groups is 2. The quantitative estimate of drug-likeness (QED) is 0.658. The van der Waals surface area contributed by atoms with Crippen molar-refractivity contribution in [3.05, 3.63) is 23.3 Å². The zero-order valence-corrected chi connectivity index (χ0v) is 17.7. The Bertz CT molecular complexity index is 686. The maximum absolute atomic E-state index is 12.5. The lowest BCUT2D eigenvalue weighted by atomic mass is 9.96. The first-order chi connectivity index (χ1) is 13.3. The van der Waals surface area contributed by atoms with Crippen LogP contribution in [0, 0.1) is 6.92 Å². The van der Waals surface area contributed by atoms with Crippen LogP contribution in [0.25, 0.3) is 0 Å². The Morgan fingerprint density at radius 1 is 1.14 bits per heavy atom. The van der Waals surface area contributed by atoms with E-state index < -0.39 is 0 Å². The van der Waals surface area contributed by atoms with Crippen molar-refractivity contribution in [3.63, 3.8) is 0 Å². The molecule has 1 aliphatic carbocycles. The molecular weight excluding hydrogens is 358 g/mol. The molecule has 7 nitrogen and oxygen atoms in total. The fourth-order valence-corrected chi connectivity index (χ4v) is 3.58.